The van der Waals surface area contributed by atoms with Gasteiger partial charge in [-0.05, 0) is 18.6 Å². The van der Waals surface area contributed by atoms with Crippen LogP contribution in [0.5, 0.6) is 0 Å². The molecule has 94 valence electrons. The van der Waals surface area contributed by atoms with E-state index in [-0.39, 0.29) is 13.2 Å². The Kier molecular flexibility index (Phi) is 3.79. The van der Waals surface area contributed by atoms with Crippen molar-refractivity contribution in [1.29, 1.82) is 0 Å². The van der Waals surface area contributed by atoms with Crippen molar-refractivity contribution in [2.75, 3.05) is 6.61 Å². The Hall–Kier alpha value is -1.65. The Balaban J connectivity index is 2.33. The van der Waals surface area contributed by atoms with E-state index in [0.717, 1.165) is 16.5 Å². The van der Waals surface area contributed by atoms with Gasteiger partial charge >= 0.3 is 5.97 Å². The summed E-state index contributed by atoms with van der Waals surface area (Å²) in [5, 5.41) is 10.0. The number of carbonyl (C=O) groups is 1. The minimum absolute atomic E-state index is 0.0941. The molecule has 0 radical (unpaired) electrons. The van der Waals surface area contributed by atoms with Crippen LogP contribution in [-0.2, 0) is 16.1 Å². The third-order valence-electron chi connectivity index (χ3n) is 2.61. The molecular weight excluding hydrogens is 254 g/mol. The number of aryl methyl sites for hydroxylation is 1. The number of carboxylic acids is 1. The summed E-state index contributed by atoms with van der Waals surface area (Å²) < 4.78 is 5.02. The summed E-state index contributed by atoms with van der Waals surface area (Å²) in [7, 11) is 0. The summed E-state index contributed by atoms with van der Waals surface area (Å²) >= 11 is 6.20. The van der Waals surface area contributed by atoms with Crippen molar-refractivity contribution in [2.45, 2.75) is 13.5 Å². The molecule has 2 aromatic rings. The Morgan fingerprint density at radius 2 is 2.17 bits per heavy atom. The van der Waals surface area contributed by atoms with Gasteiger partial charge in [0.1, 0.15) is 6.61 Å². The Labute approximate surface area is 109 Å². The van der Waals surface area contributed by atoms with E-state index in [2.05, 4.69) is 4.98 Å². The van der Waals surface area contributed by atoms with E-state index in [4.69, 9.17) is 21.4 Å². The molecule has 0 aliphatic heterocycles. The molecule has 5 heteroatoms. The zero-order valence-corrected chi connectivity index (χ0v) is 10.6. The second kappa shape index (κ2) is 5.33. The zero-order chi connectivity index (χ0) is 13.1. The number of benzene rings is 1. The molecule has 1 aromatic heterocycles. The van der Waals surface area contributed by atoms with E-state index in [9.17, 15) is 4.79 Å². The van der Waals surface area contributed by atoms with E-state index in [1.807, 2.05) is 31.2 Å². The van der Waals surface area contributed by atoms with Crippen molar-refractivity contribution >= 4 is 28.5 Å². The molecule has 0 spiro atoms. The lowest BCUT2D eigenvalue weighted by Crippen LogP contribution is -2.08. The molecular formula is C13H12ClNO3. The number of nitrogens with zero attached hydrogens (tertiary/aromatic N) is 1. The summed E-state index contributed by atoms with van der Waals surface area (Å²) in [4.78, 5) is 14.8. The fourth-order valence-electron chi connectivity index (χ4n) is 1.75. The van der Waals surface area contributed by atoms with Crippen LogP contribution in [0.2, 0.25) is 5.02 Å². The lowest BCUT2D eigenvalue weighted by molar-refractivity contribution is -0.142. The molecule has 1 aromatic carbocycles. The molecule has 2 rings (SSSR count). The molecule has 0 bridgehead atoms. The van der Waals surface area contributed by atoms with E-state index < -0.39 is 5.97 Å². The highest BCUT2D eigenvalue weighted by atomic mass is 35.5. The highest BCUT2D eigenvalue weighted by molar-refractivity contribution is 6.32. The average Bonchev–Trinajstić information content (AvgIpc) is 2.35. The van der Waals surface area contributed by atoms with Gasteiger partial charge < -0.3 is 9.84 Å². The van der Waals surface area contributed by atoms with Gasteiger partial charge in [0.15, 0.2) is 0 Å². The molecule has 0 saturated heterocycles. The first-order chi connectivity index (χ1) is 8.59. The van der Waals surface area contributed by atoms with Crippen LogP contribution in [0.4, 0.5) is 0 Å². The van der Waals surface area contributed by atoms with Crippen LogP contribution in [0.15, 0.2) is 24.3 Å². The van der Waals surface area contributed by atoms with Crippen LogP contribution < -0.4 is 0 Å². The van der Waals surface area contributed by atoms with Crippen molar-refractivity contribution in [1.82, 2.24) is 4.98 Å². The fourth-order valence-corrected chi connectivity index (χ4v) is 1.95. The molecule has 0 amide bonds. The highest BCUT2D eigenvalue weighted by Gasteiger charge is 2.10. The summed E-state index contributed by atoms with van der Waals surface area (Å²) in [5.74, 6) is -1.01. The smallest absolute Gasteiger partial charge is 0.329 e. The number of aromatic nitrogens is 1. The maximum atomic E-state index is 10.4. The van der Waals surface area contributed by atoms with Gasteiger partial charge in [0.05, 0.1) is 22.8 Å². The number of ether oxygens (including phenoxy) is 1. The predicted octanol–water partition coefficient (Wildman–Crippen LogP) is 2.80. The van der Waals surface area contributed by atoms with Crippen molar-refractivity contribution in [2.24, 2.45) is 0 Å². The number of halogens is 1. The summed E-state index contributed by atoms with van der Waals surface area (Å²) in [6, 6.07) is 7.66. The molecule has 4 nitrogen and oxygen atoms in total. The Bertz CT molecular complexity index is 598. The average molecular weight is 266 g/mol. The summed E-state index contributed by atoms with van der Waals surface area (Å²) in [5.41, 5.74) is 2.32. The quantitative estimate of drug-likeness (QED) is 0.923. The van der Waals surface area contributed by atoms with Gasteiger partial charge in [-0.3, -0.25) is 0 Å². The number of hydrogen-bond donors (Lipinski definition) is 1. The lowest BCUT2D eigenvalue weighted by atomic mass is 10.1. The van der Waals surface area contributed by atoms with E-state index in [1.165, 1.54) is 0 Å². The van der Waals surface area contributed by atoms with Crippen LogP contribution in [0, 0.1) is 6.92 Å². The SMILES string of the molecule is Cc1c(Cl)c(COCC(=O)O)nc2ccccc12. The maximum absolute atomic E-state index is 10.4. The lowest BCUT2D eigenvalue weighted by Gasteiger charge is -2.09. The van der Waals surface area contributed by atoms with Gasteiger partial charge in [-0.15, -0.1) is 0 Å². The normalized spacial score (nSPS) is 10.8. The van der Waals surface area contributed by atoms with E-state index >= 15 is 0 Å². The molecule has 0 fully saturated rings. The van der Waals surface area contributed by atoms with Crippen LogP contribution in [-0.4, -0.2) is 22.7 Å². The Morgan fingerprint density at radius 3 is 2.89 bits per heavy atom. The molecule has 0 aliphatic rings. The fraction of sp³-hybridized carbons (Fsp3) is 0.231. The van der Waals surface area contributed by atoms with Crippen LogP contribution in [0.25, 0.3) is 10.9 Å². The molecule has 0 aliphatic carbocycles. The first-order valence-electron chi connectivity index (χ1n) is 5.43. The molecule has 0 unspecified atom stereocenters. The van der Waals surface area contributed by atoms with Gasteiger partial charge in [-0.25, -0.2) is 9.78 Å². The van der Waals surface area contributed by atoms with Crippen LogP contribution in [0.1, 0.15) is 11.3 Å². The summed E-state index contributed by atoms with van der Waals surface area (Å²) in [6.07, 6.45) is 0. The molecule has 0 saturated carbocycles. The van der Waals surface area contributed by atoms with Crippen LogP contribution >= 0.6 is 11.6 Å². The topological polar surface area (TPSA) is 59.4 Å². The number of aliphatic carboxylic acids is 1. The van der Waals surface area contributed by atoms with E-state index in [0.29, 0.717) is 10.7 Å². The van der Waals surface area contributed by atoms with Crippen molar-refractivity contribution in [3.05, 3.63) is 40.5 Å². The molecule has 1 N–H and O–H groups in total. The maximum Gasteiger partial charge on any atom is 0.329 e. The molecule has 0 atom stereocenters. The van der Waals surface area contributed by atoms with Crippen molar-refractivity contribution < 1.29 is 14.6 Å². The minimum Gasteiger partial charge on any atom is -0.480 e. The van der Waals surface area contributed by atoms with Gasteiger partial charge in [-0.2, -0.15) is 0 Å². The zero-order valence-electron chi connectivity index (χ0n) is 9.81. The van der Waals surface area contributed by atoms with Gasteiger partial charge in [0.2, 0.25) is 0 Å². The number of para-hydroxylation sites is 1. The number of hydrogen-bond acceptors (Lipinski definition) is 3. The minimum atomic E-state index is -1.01. The Morgan fingerprint density at radius 1 is 1.44 bits per heavy atom. The first-order valence-corrected chi connectivity index (χ1v) is 5.80. The standard InChI is InChI=1S/C13H12ClNO3/c1-8-9-4-2-3-5-10(9)15-11(13(8)14)6-18-7-12(16)17/h2-5H,6-7H2,1H3,(H,16,17). The third-order valence-corrected chi connectivity index (χ3v) is 3.11. The first kappa shape index (κ1) is 12.8. The van der Waals surface area contributed by atoms with Gasteiger partial charge in [-0.1, -0.05) is 29.8 Å². The van der Waals surface area contributed by atoms with Crippen molar-refractivity contribution in [3.8, 4) is 0 Å². The number of fused-ring (bicyclic) bond motifs is 1. The van der Waals surface area contributed by atoms with Crippen molar-refractivity contribution in [3.63, 3.8) is 0 Å². The molecule has 1 heterocycles. The highest BCUT2D eigenvalue weighted by Crippen LogP contribution is 2.27. The number of pyridine rings is 1. The predicted molar refractivity (Wildman–Crippen MR) is 68.8 cm³/mol. The number of rotatable bonds is 4. The second-order valence-electron chi connectivity index (χ2n) is 3.90. The van der Waals surface area contributed by atoms with E-state index in [1.54, 1.807) is 0 Å². The summed E-state index contributed by atoms with van der Waals surface area (Å²) in [6.45, 7) is 1.65. The largest absolute Gasteiger partial charge is 0.480 e. The van der Waals surface area contributed by atoms with Crippen LogP contribution in [0.3, 0.4) is 0 Å². The monoisotopic (exact) mass is 265 g/mol. The van der Waals surface area contributed by atoms with Gasteiger partial charge in [0, 0.05) is 5.39 Å². The van der Waals surface area contributed by atoms with Gasteiger partial charge in [0.25, 0.3) is 0 Å². The second-order valence-corrected chi connectivity index (χ2v) is 4.28. The molecule has 18 heavy (non-hydrogen) atoms. The number of carboxylic acid groups (broad SMARTS) is 1. The third kappa shape index (κ3) is 2.60.